The summed E-state index contributed by atoms with van der Waals surface area (Å²) in [5.74, 6) is -0.108. The summed E-state index contributed by atoms with van der Waals surface area (Å²) in [5, 5.41) is 0. The quantitative estimate of drug-likeness (QED) is 0.705. The van der Waals surface area contributed by atoms with E-state index < -0.39 is 11.7 Å². The molecule has 0 fully saturated rings. The predicted molar refractivity (Wildman–Crippen MR) is 73.9 cm³/mol. The van der Waals surface area contributed by atoms with Crippen LogP contribution in [-0.4, -0.2) is 5.78 Å². The number of carbonyl (C=O) groups is 1. The highest BCUT2D eigenvalue weighted by molar-refractivity contribution is 6.15. The molecule has 0 atom stereocenters. The van der Waals surface area contributed by atoms with E-state index in [0.29, 0.717) is 23.1 Å². The lowest BCUT2D eigenvalue weighted by Crippen LogP contribution is -2.04. The van der Waals surface area contributed by atoms with Gasteiger partial charge in [-0.15, -0.1) is 0 Å². The molecule has 2 aromatic rings. The Morgan fingerprint density at radius 1 is 1.00 bits per heavy atom. The fraction of sp³-hybridized carbons (Fsp3) is 0.118. The van der Waals surface area contributed by atoms with Crippen LogP contribution in [0.15, 0.2) is 54.1 Å². The molecule has 0 unspecified atom stereocenters. The highest BCUT2D eigenvalue weighted by Gasteiger charge is 2.30. The van der Waals surface area contributed by atoms with Gasteiger partial charge in [0.05, 0.1) is 5.56 Å². The van der Waals surface area contributed by atoms with Crippen LogP contribution in [0, 0.1) is 0 Å². The molecular formula is C17H11F3O. The molecule has 0 aliphatic heterocycles. The Balaban J connectivity index is 1.96. The number of allylic oxidation sites excluding steroid dienone is 1. The molecule has 3 rings (SSSR count). The minimum absolute atomic E-state index is 0.108. The molecule has 0 radical (unpaired) electrons. The van der Waals surface area contributed by atoms with Crippen molar-refractivity contribution in [1.29, 1.82) is 0 Å². The molecule has 1 nitrogen and oxygen atoms in total. The number of Topliss-reactive ketones (excluding diaryl/α,β-unsaturated/α-hetero) is 1. The summed E-state index contributed by atoms with van der Waals surface area (Å²) >= 11 is 0. The molecule has 0 saturated heterocycles. The molecule has 0 aromatic heterocycles. The Labute approximate surface area is 119 Å². The normalized spacial score (nSPS) is 16.3. The van der Waals surface area contributed by atoms with Gasteiger partial charge in [-0.25, -0.2) is 0 Å². The average molecular weight is 288 g/mol. The molecule has 0 heterocycles. The SMILES string of the molecule is O=C1/C(=C/c2cccc(C(F)(F)F)c2)Cc2ccccc21. The van der Waals surface area contributed by atoms with Gasteiger partial charge in [0, 0.05) is 17.6 Å². The van der Waals surface area contributed by atoms with E-state index in [9.17, 15) is 18.0 Å². The fourth-order valence-electron chi connectivity index (χ4n) is 2.48. The van der Waals surface area contributed by atoms with Crippen molar-refractivity contribution in [3.63, 3.8) is 0 Å². The van der Waals surface area contributed by atoms with Gasteiger partial charge < -0.3 is 0 Å². The second-order valence-corrected chi connectivity index (χ2v) is 4.96. The summed E-state index contributed by atoms with van der Waals surface area (Å²) in [7, 11) is 0. The van der Waals surface area contributed by atoms with Gasteiger partial charge in [-0.05, 0) is 29.3 Å². The number of hydrogen-bond acceptors (Lipinski definition) is 1. The van der Waals surface area contributed by atoms with E-state index in [1.54, 1.807) is 18.2 Å². The number of fused-ring (bicyclic) bond motifs is 1. The van der Waals surface area contributed by atoms with Crippen LogP contribution in [-0.2, 0) is 12.6 Å². The minimum atomic E-state index is -4.38. The van der Waals surface area contributed by atoms with Crippen molar-refractivity contribution in [3.05, 3.63) is 76.4 Å². The Morgan fingerprint density at radius 2 is 1.76 bits per heavy atom. The zero-order valence-electron chi connectivity index (χ0n) is 10.9. The molecule has 4 heteroatoms. The third-order valence-corrected chi connectivity index (χ3v) is 3.49. The van der Waals surface area contributed by atoms with Crippen molar-refractivity contribution < 1.29 is 18.0 Å². The summed E-state index contributed by atoms with van der Waals surface area (Å²) in [6, 6.07) is 12.2. The van der Waals surface area contributed by atoms with Crippen LogP contribution in [0.4, 0.5) is 13.2 Å². The minimum Gasteiger partial charge on any atom is -0.289 e. The van der Waals surface area contributed by atoms with Crippen LogP contribution in [0.1, 0.15) is 27.0 Å². The Hall–Kier alpha value is -2.36. The lowest BCUT2D eigenvalue weighted by Gasteiger charge is -2.07. The van der Waals surface area contributed by atoms with Crippen LogP contribution in [0.3, 0.4) is 0 Å². The Bertz CT molecular complexity index is 742. The van der Waals surface area contributed by atoms with Crippen molar-refractivity contribution in [2.24, 2.45) is 0 Å². The molecule has 2 aromatic carbocycles. The number of carbonyl (C=O) groups excluding carboxylic acids is 1. The standard InChI is InChI=1S/C17H11F3O/c18-17(19,20)14-6-3-4-11(9-14)8-13-10-12-5-1-2-7-15(12)16(13)21/h1-9H,10H2/b13-8+. The van der Waals surface area contributed by atoms with E-state index in [0.717, 1.165) is 17.7 Å². The van der Waals surface area contributed by atoms with Gasteiger partial charge in [-0.1, -0.05) is 36.4 Å². The molecule has 1 aliphatic rings. The van der Waals surface area contributed by atoms with Crippen molar-refractivity contribution >= 4 is 11.9 Å². The Morgan fingerprint density at radius 3 is 2.48 bits per heavy atom. The van der Waals surface area contributed by atoms with Gasteiger partial charge in [-0.3, -0.25) is 4.79 Å². The van der Waals surface area contributed by atoms with Crippen LogP contribution >= 0.6 is 0 Å². The molecule has 1 aliphatic carbocycles. The summed E-state index contributed by atoms with van der Waals surface area (Å²) in [5.41, 5.74) is 1.76. The highest BCUT2D eigenvalue weighted by atomic mass is 19.4. The number of ketones is 1. The van der Waals surface area contributed by atoms with Crippen molar-refractivity contribution in [3.8, 4) is 0 Å². The van der Waals surface area contributed by atoms with Crippen molar-refractivity contribution in [1.82, 2.24) is 0 Å². The van der Waals surface area contributed by atoms with Gasteiger partial charge in [-0.2, -0.15) is 13.2 Å². The smallest absolute Gasteiger partial charge is 0.289 e. The molecular weight excluding hydrogens is 277 g/mol. The summed E-state index contributed by atoms with van der Waals surface area (Å²) in [6.07, 6.45) is -2.38. The third-order valence-electron chi connectivity index (χ3n) is 3.49. The average Bonchev–Trinajstić information content (AvgIpc) is 2.75. The van der Waals surface area contributed by atoms with E-state index in [2.05, 4.69) is 0 Å². The molecule has 0 bridgehead atoms. The van der Waals surface area contributed by atoms with E-state index in [1.165, 1.54) is 12.1 Å². The molecule has 0 spiro atoms. The number of rotatable bonds is 1. The summed E-state index contributed by atoms with van der Waals surface area (Å²) < 4.78 is 38.1. The first kappa shape index (κ1) is 13.6. The fourth-order valence-corrected chi connectivity index (χ4v) is 2.48. The van der Waals surface area contributed by atoms with E-state index >= 15 is 0 Å². The number of halogens is 3. The first-order valence-corrected chi connectivity index (χ1v) is 6.45. The van der Waals surface area contributed by atoms with Crippen LogP contribution in [0.25, 0.3) is 6.08 Å². The lowest BCUT2D eigenvalue weighted by atomic mass is 10.1. The molecule has 106 valence electrons. The molecule has 0 amide bonds. The van der Waals surface area contributed by atoms with Crippen molar-refractivity contribution in [2.45, 2.75) is 12.6 Å². The lowest BCUT2D eigenvalue weighted by molar-refractivity contribution is -0.137. The monoisotopic (exact) mass is 288 g/mol. The third kappa shape index (κ3) is 2.61. The summed E-state index contributed by atoms with van der Waals surface area (Å²) in [6.45, 7) is 0. The Kier molecular flexibility index (Phi) is 3.16. The number of hydrogen-bond donors (Lipinski definition) is 0. The van der Waals surface area contributed by atoms with Gasteiger partial charge in [0.2, 0.25) is 0 Å². The van der Waals surface area contributed by atoms with Gasteiger partial charge in [0.15, 0.2) is 5.78 Å². The van der Waals surface area contributed by atoms with Crippen LogP contribution < -0.4 is 0 Å². The first-order chi connectivity index (χ1) is 9.95. The highest BCUT2D eigenvalue weighted by Crippen LogP contribution is 2.31. The number of benzene rings is 2. The second kappa shape index (κ2) is 4.88. The van der Waals surface area contributed by atoms with Crippen molar-refractivity contribution in [2.75, 3.05) is 0 Å². The van der Waals surface area contributed by atoms with Crippen LogP contribution in [0.2, 0.25) is 0 Å². The van der Waals surface area contributed by atoms with Gasteiger partial charge >= 0.3 is 6.18 Å². The topological polar surface area (TPSA) is 17.1 Å². The maximum Gasteiger partial charge on any atom is 0.416 e. The largest absolute Gasteiger partial charge is 0.416 e. The molecule has 0 N–H and O–H groups in total. The maximum atomic E-state index is 12.7. The van der Waals surface area contributed by atoms with E-state index in [4.69, 9.17) is 0 Å². The van der Waals surface area contributed by atoms with E-state index in [1.807, 2.05) is 12.1 Å². The molecule has 21 heavy (non-hydrogen) atoms. The second-order valence-electron chi connectivity index (χ2n) is 4.96. The summed E-state index contributed by atoms with van der Waals surface area (Å²) in [4.78, 5) is 12.2. The van der Waals surface area contributed by atoms with Gasteiger partial charge in [0.25, 0.3) is 0 Å². The van der Waals surface area contributed by atoms with Crippen LogP contribution in [0.5, 0.6) is 0 Å². The number of alkyl halides is 3. The zero-order chi connectivity index (χ0) is 15.0. The predicted octanol–water partition coefficient (Wildman–Crippen LogP) is 4.53. The first-order valence-electron chi connectivity index (χ1n) is 6.45. The zero-order valence-corrected chi connectivity index (χ0v) is 10.9. The molecule has 0 saturated carbocycles. The van der Waals surface area contributed by atoms with Gasteiger partial charge in [0.1, 0.15) is 0 Å². The van der Waals surface area contributed by atoms with E-state index in [-0.39, 0.29) is 5.78 Å². The maximum absolute atomic E-state index is 12.7.